The van der Waals surface area contributed by atoms with Gasteiger partial charge in [-0.2, -0.15) is 5.26 Å². The van der Waals surface area contributed by atoms with Gasteiger partial charge in [-0.05, 0) is 42.3 Å². The van der Waals surface area contributed by atoms with Gasteiger partial charge in [-0.3, -0.25) is 10.3 Å². The smallest absolute Gasteiger partial charge is 0.411 e. The minimum Gasteiger partial charge on any atom is -0.453 e. The maximum atomic E-state index is 13.9. The van der Waals surface area contributed by atoms with E-state index in [9.17, 15) is 14.4 Å². The van der Waals surface area contributed by atoms with Crippen molar-refractivity contribution < 1.29 is 13.9 Å². The second-order valence-corrected chi connectivity index (χ2v) is 5.94. The van der Waals surface area contributed by atoms with Crippen molar-refractivity contribution in [1.82, 2.24) is 4.98 Å². The largest absolute Gasteiger partial charge is 0.453 e. The molecule has 0 spiro atoms. The lowest BCUT2D eigenvalue weighted by Crippen LogP contribution is -2.10. The van der Waals surface area contributed by atoms with Crippen LogP contribution in [-0.2, 0) is 11.3 Å². The Kier molecular flexibility index (Phi) is 5.18. The van der Waals surface area contributed by atoms with Crippen LogP contribution in [0.3, 0.4) is 0 Å². The molecule has 0 saturated carbocycles. The number of halogens is 1. The number of nitriles is 1. The summed E-state index contributed by atoms with van der Waals surface area (Å²) in [5.74, 6) is -0.377. The van der Waals surface area contributed by atoms with E-state index < -0.39 is 6.09 Å². The van der Waals surface area contributed by atoms with E-state index in [0.717, 1.165) is 5.56 Å². The molecule has 0 bridgehead atoms. The first-order valence-corrected chi connectivity index (χ1v) is 8.18. The second-order valence-electron chi connectivity index (χ2n) is 5.94. The summed E-state index contributed by atoms with van der Waals surface area (Å²) in [7, 11) is 1.30. The molecule has 136 valence electrons. The average molecular weight is 364 g/mol. The fraction of sp³-hybridized carbons (Fsp3) is 0.150. The van der Waals surface area contributed by atoms with E-state index in [-0.39, 0.29) is 5.82 Å². The second kappa shape index (κ2) is 7.70. The molecule has 1 amide bonds. The lowest BCUT2D eigenvalue weighted by Gasteiger charge is -2.13. The van der Waals surface area contributed by atoms with Crippen LogP contribution in [0.5, 0.6) is 0 Å². The SMILES string of the molecule is COC(=O)Nc1ccc(CNc2c(C#N)cnc3c(C)cc(F)cc23)cc1. The van der Waals surface area contributed by atoms with Crippen molar-refractivity contribution in [3.63, 3.8) is 0 Å². The monoisotopic (exact) mass is 364 g/mol. The van der Waals surface area contributed by atoms with Crippen LogP contribution in [0.4, 0.5) is 20.6 Å². The Labute approximate surface area is 155 Å². The molecule has 27 heavy (non-hydrogen) atoms. The van der Waals surface area contributed by atoms with Gasteiger partial charge in [0, 0.05) is 23.8 Å². The van der Waals surface area contributed by atoms with Crippen molar-refractivity contribution in [2.45, 2.75) is 13.5 Å². The van der Waals surface area contributed by atoms with Gasteiger partial charge in [0.1, 0.15) is 11.9 Å². The maximum absolute atomic E-state index is 13.9. The number of ether oxygens (including phenoxy) is 1. The summed E-state index contributed by atoms with van der Waals surface area (Å²) in [5, 5.41) is 15.7. The Morgan fingerprint density at radius 2 is 2.04 bits per heavy atom. The lowest BCUT2D eigenvalue weighted by atomic mass is 10.1. The van der Waals surface area contributed by atoms with Crippen LogP contribution in [0.2, 0.25) is 0 Å². The fourth-order valence-electron chi connectivity index (χ4n) is 2.78. The highest BCUT2D eigenvalue weighted by atomic mass is 19.1. The molecule has 0 aliphatic carbocycles. The number of hydrogen-bond donors (Lipinski definition) is 2. The van der Waals surface area contributed by atoms with Gasteiger partial charge in [0.05, 0.1) is 23.9 Å². The van der Waals surface area contributed by atoms with E-state index in [4.69, 9.17) is 0 Å². The van der Waals surface area contributed by atoms with Crippen LogP contribution in [0.25, 0.3) is 10.9 Å². The van der Waals surface area contributed by atoms with Gasteiger partial charge in [-0.15, -0.1) is 0 Å². The summed E-state index contributed by atoms with van der Waals surface area (Å²) in [6.07, 6.45) is 0.944. The number of anilines is 2. The first-order chi connectivity index (χ1) is 13.0. The molecule has 2 N–H and O–H groups in total. The van der Waals surface area contributed by atoms with Gasteiger partial charge in [0.25, 0.3) is 0 Å². The zero-order valence-corrected chi connectivity index (χ0v) is 14.8. The Hall–Kier alpha value is -3.66. The van der Waals surface area contributed by atoms with Gasteiger partial charge in [-0.1, -0.05) is 12.1 Å². The fourth-order valence-corrected chi connectivity index (χ4v) is 2.78. The molecule has 0 aliphatic heterocycles. The first-order valence-electron chi connectivity index (χ1n) is 8.18. The van der Waals surface area contributed by atoms with Crippen LogP contribution in [0, 0.1) is 24.1 Å². The Bertz CT molecular complexity index is 1040. The number of benzene rings is 2. The number of hydrogen-bond acceptors (Lipinski definition) is 5. The molecule has 6 nitrogen and oxygen atoms in total. The molecular weight excluding hydrogens is 347 g/mol. The van der Waals surface area contributed by atoms with Crippen molar-refractivity contribution in [1.29, 1.82) is 5.26 Å². The standard InChI is InChI=1S/C20H17FN4O2/c1-12-7-15(21)8-17-18(12)24-11-14(9-22)19(17)23-10-13-3-5-16(6-4-13)25-20(26)27-2/h3-8,11H,10H2,1-2H3,(H,23,24)(H,25,26). The molecular formula is C20H17FN4O2. The molecule has 0 unspecified atom stereocenters. The van der Waals surface area contributed by atoms with Crippen LogP contribution in [0.1, 0.15) is 16.7 Å². The Balaban J connectivity index is 1.86. The number of nitrogens with one attached hydrogen (secondary N) is 2. The molecule has 0 atom stereocenters. The predicted molar refractivity (Wildman–Crippen MR) is 101 cm³/mol. The summed E-state index contributed by atoms with van der Waals surface area (Å²) in [6.45, 7) is 2.20. The molecule has 0 fully saturated rings. The number of nitrogens with zero attached hydrogens (tertiary/aromatic N) is 2. The topological polar surface area (TPSA) is 87.0 Å². The minimum absolute atomic E-state index is 0.344. The molecule has 3 rings (SSSR count). The zero-order valence-electron chi connectivity index (χ0n) is 14.8. The maximum Gasteiger partial charge on any atom is 0.411 e. The number of amides is 1. The lowest BCUT2D eigenvalue weighted by molar-refractivity contribution is 0.187. The number of rotatable bonds is 4. The van der Waals surface area contributed by atoms with Crippen LogP contribution >= 0.6 is 0 Å². The third-order valence-electron chi connectivity index (χ3n) is 4.10. The van der Waals surface area contributed by atoms with Crippen molar-refractivity contribution in [3.05, 3.63) is 65.1 Å². The van der Waals surface area contributed by atoms with Crippen molar-refractivity contribution in [3.8, 4) is 6.07 Å². The van der Waals surface area contributed by atoms with E-state index in [2.05, 4.69) is 26.4 Å². The third kappa shape index (κ3) is 3.96. The van der Waals surface area contributed by atoms with E-state index in [1.165, 1.54) is 25.4 Å². The van der Waals surface area contributed by atoms with Gasteiger partial charge < -0.3 is 10.1 Å². The Morgan fingerprint density at radius 1 is 1.30 bits per heavy atom. The van der Waals surface area contributed by atoms with Crippen molar-refractivity contribution >= 4 is 28.4 Å². The van der Waals surface area contributed by atoms with E-state index >= 15 is 0 Å². The molecule has 7 heteroatoms. The number of methoxy groups -OCH3 is 1. The van der Waals surface area contributed by atoms with Gasteiger partial charge in [0.15, 0.2) is 0 Å². The molecule has 1 aromatic heterocycles. The summed E-state index contributed by atoms with van der Waals surface area (Å²) < 4.78 is 18.4. The predicted octanol–water partition coefficient (Wildman–Crippen LogP) is 4.34. The molecule has 0 aliphatic rings. The normalized spacial score (nSPS) is 10.3. The number of aryl methyl sites for hydroxylation is 1. The zero-order chi connectivity index (χ0) is 19.4. The summed E-state index contributed by atoms with van der Waals surface area (Å²) in [4.78, 5) is 15.5. The van der Waals surface area contributed by atoms with E-state index in [1.54, 1.807) is 19.1 Å². The number of fused-ring (bicyclic) bond motifs is 1. The minimum atomic E-state index is -0.541. The van der Waals surface area contributed by atoms with E-state index in [0.29, 0.717) is 39.9 Å². The number of carbonyl (C=O) groups excluding carboxylic acids is 1. The van der Waals surface area contributed by atoms with Crippen LogP contribution < -0.4 is 10.6 Å². The highest BCUT2D eigenvalue weighted by molar-refractivity contribution is 5.95. The third-order valence-corrected chi connectivity index (χ3v) is 4.10. The van der Waals surface area contributed by atoms with Gasteiger partial charge >= 0.3 is 6.09 Å². The van der Waals surface area contributed by atoms with E-state index in [1.807, 2.05) is 12.1 Å². The van der Waals surface area contributed by atoms with Crippen molar-refractivity contribution in [2.75, 3.05) is 17.7 Å². The van der Waals surface area contributed by atoms with Gasteiger partial charge in [-0.25, -0.2) is 9.18 Å². The molecule has 3 aromatic rings. The Morgan fingerprint density at radius 3 is 2.70 bits per heavy atom. The number of carbonyl (C=O) groups is 1. The number of pyridine rings is 1. The van der Waals surface area contributed by atoms with Crippen LogP contribution in [0.15, 0.2) is 42.6 Å². The van der Waals surface area contributed by atoms with Crippen LogP contribution in [-0.4, -0.2) is 18.2 Å². The van der Waals surface area contributed by atoms with Gasteiger partial charge in [0.2, 0.25) is 0 Å². The molecule has 0 radical (unpaired) electrons. The number of aromatic nitrogens is 1. The summed E-state index contributed by atoms with van der Waals surface area (Å²) >= 11 is 0. The summed E-state index contributed by atoms with van der Waals surface area (Å²) in [5.41, 5.74) is 3.77. The molecule has 0 saturated heterocycles. The highest BCUT2D eigenvalue weighted by Crippen LogP contribution is 2.29. The first kappa shape index (κ1) is 18.1. The molecule has 2 aromatic carbocycles. The van der Waals surface area contributed by atoms with Crippen molar-refractivity contribution in [2.24, 2.45) is 0 Å². The average Bonchev–Trinajstić information content (AvgIpc) is 2.67. The molecule has 1 heterocycles. The summed E-state index contributed by atoms with van der Waals surface area (Å²) in [6, 6.07) is 12.0. The quantitative estimate of drug-likeness (QED) is 0.719. The highest BCUT2D eigenvalue weighted by Gasteiger charge is 2.12.